The predicted octanol–water partition coefficient (Wildman–Crippen LogP) is 2.67. The van der Waals surface area contributed by atoms with Crippen LogP contribution in [0.2, 0.25) is 0 Å². The molecule has 0 fully saturated rings. The summed E-state index contributed by atoms with van der Waals surface area (Å²) in [7, 11) is -2.15. The number of hydrogen-bond donors (Lipinski definition) is 2. The number of nitrogens with zero attached hydrogens (tertiary/aromatic N) is 1. The summed E-state index contributed by atoms with van der Waals surface area (Å²) >= 11 is 0. The lowest BCUT2D eigenvalue weighted by atomic mass is 10.0. The average Bonchev–Trinajstić information content (AvgIpc) is 2.51. The Kier molecular flexibility index (Phi) is 7.89. The van der Waals surface area contributed by atoms with Crippen LogP contribution in [-0.2, 0) is 20.5 Å². The van der Waals surface area contributed by atoms with Gasteiger partial charge in [0.1, 0.15) is 16.5 Å². The third-order valence-corrected chi connectivity index (χ3v) is 4.30. The van der Waals surface area contributed by atoms with Gasteiger partial charge in [-0.1, -0.05) is 26.0 Å². The maximum Gasteiger partial charge on any atom is 0.408 e. The molecule has 150 valence electrons. The average molecular weight is 399 g/mol. The Bertz CT molecular complexity index is 730. The van der Waals surface area contributed by atoms with Gasteiger partial charge in [0.05, 0.1) is 4.92 Å². The molecule has 1 rings (SSSR count). The lowest BCUT2D eigenvalue weighted by Gasteiger charge is -2.24. The predicted molar refractivity (Wildman–Crippen MR) is 100 cm³/mol. The van der Waals surface area contributed by atoms with E-state index in [0.717, 1.165) is 0 Å². The van der Waals surface area contributed by atoms with E-state index in [1.54, 1.807) is 20.8 Å². The number of carbonyl (C=O) groups excluding carboxylic acids is 2. The molecule has 0 aliphatic rings. The van der Waals surface area contributed by atoms with Crippen molar-refractivity contribution in [3.63, 3.8) is 0 Å². The van der Waals surface area contributed by atoms with Gasteiger partial charge in [0, 0.05) is 6.07 Å². The zero-order valence-electron chi connectivity index (χ0n) is 16.0. The molecule has 2 amide bonds. The largest absolute Gasteiger partial charge is 0.444 e. The van der Waals surface area contributed by atoms with Crippen molar-refractivity contribution in [3.05, 3.63) is 34.4 Å². The van der Waals surface area contributed by atoms with E-state index < -0.39 is 39.6 Å². The van der Waals surface area contributed by atoms with Crippen molar-refractivity contribution in [2.24, 2.45) is 5.92 Å². The van der Waals surface area contributed by atoms with Crippen LogP contribution in [0.3, 0.4) is 0 Å². The highest BCUT2D eigenvalue weighted by atomic mass is 32.2. The van der Waals surface area contributed by atoms with Gasteiger partial charge in [0.25, 0.3) is 11.6 Å². The van der Waals surface area contributed by atoms with Crippen LogP contribution in [-0.4, -0.2) is 32.8 Å². The summed E-state index contributed by atoms with van der Waals surface area (Å²) in [6, 6.07) is 4.42. The molecule has 0 saturated carbocycles. The second-order valence-corrected chi connectivity index (χ2v) is 8.47. The van der Waals surface area contributed by atoms with Crippen molar-refractivity contribution in [1.29, 1.82) is 0 Å². The third-order valence-electron chi connectivity index (χ3n) is 3.17. The molecular weight excluding hydrogens is 374 g/mol. The van der Waals surface area contributed by atoms with Crippen LogP contribution in [0.15, 0.2) is 29.2 Å². The van der Waals surface area contributed by atoms with Gasteiger partial charge in [-0.3, -0.25) is 19.6 Å². The van der Waals surface area contributed by atoms with E-state index in [4.69, 9.17) is 4.74 Å². The molecule has 0 heterocycles. The van der Waals surface area contributed by atoms with Crippen LogP contribution < -0.4 is 10.0 Å². The van der Waals surface area contributed by atoms with Crippen molar-refractivity contribution in [3.8, 4) is 0 Å². The summed E-state index contributed by atoms with van der Waals surface area (Å²) < 4.78 is 19.8. The van der Waals surface area contributed by atoms with Crippen LogP contribution in [0.4, 0.5) is 10.5 Å². The van der Waals surface area contributed by atoms with Gasteiger partial charge in [0.15, 0.2) is 11.0 Å². The quantitative estimate of drug-likeness (QED) is 0.536. The van der Waals surface area contributed by atoms with Crippen molar-refractivity contribution in [2.75, 3.05) is 0 Å². The van der Waals surface area contributed by atoms with E-state index in [-0.39, 0.29) is 22.9 Å². The Morgan fingerprint density at radius 1 is 1.26 bits per heavy atom. The molecule has 1 aromatic carbocycles. The van der Waals surface area contributed by atoms with Crippen molar-refractivity contribution in [1.82, 2.24) is 10.0 Å². The second kappa shape index (κ2) is 9.45. The Labute approximate surface area is 160 Å². The lowest BCUT2D eigenvalue weighted by Crippen LogP contribution is -2.49. The van der Waals surface area contributed by atoms with E-state index in [9.17, 15) is 23.9 Å². The second-order valence-electron chi connectivity index (χ2n) is 7.29. The summed E-state index contributed by atoms with van der Waals surface area (Å²) in [6.45, 7) is 8.78. The number of carbonyl (C=O) groups is 2. The normalized spacial score (nSPS) is 13.6. The Hall–Kier alpha value is -2.49. The summed E-state index contributed by atoms with van der Waals surface area (Å²) in [5, 5.41) is 13.5. The minimum Gasteiger partial charge on any atom is -0.444 e. The maximum atomic E-state index is 12.5. The molecule has 0 aromatic heterocycles. The van der Waals surface area contributed by atoms with Crippen LogP contribution in [0.1, 0.15) is 41.0 Å². The molecule has 0 saturated heterocycles. The summed E-state index contributed by atoms with van der Waals surface area (Å²) in [6.07, 6.45) is -0.501. The molecule has 0 spiro atoms. The standard InChI is InChI=1S/C17H25N3O6S/c1-11(2)10-12(18-16(22)26-17(3,4)5)15(21)19-27(25)14-9-7-6-8-13(14)20(23)24/h6-9,11-12H,10H2,1-5H3,(H,18,22)(H,19,21). The fraction of sp³-hybridized carbons (Fsp3) is 0.529. The lowest BCUT2D eigenvalue weighted by molar-refractivity contribution is -0.387. The maximum absolute atomic E-state index is 12.5. The molecule has 0 aliphatic carbocycles. The van der Waals surface area contributed by atoms with Gasteiger partial charge in [-0.2, -0.15) is 0 Å². The number of nitrogens with one attached hydrogen (secondary N) is 2. The monoisotopic (exact) mass is 399 g/mol. The number of para-hydroxylation sites is 1. The van der Waals surface area contributed by atoms with Gasteiger partial charge in [-0.15, -0.1) is 0 Å². The molecule has 9 nitrogen and oxygen atoms in total. The van der Waals surface area contributed by atoms with Gasteiger partial charge >= 0.3 is 6.09 Å². The number of ether oxygens (including phenoxy) is 1. The van der Waals surface area contributed by atoms with E-state index in [1.165, 1.54) is 24.3 Å². The van der Waals surface area contributed by atoms with E-state index in [2.05, 4.69) is 10.0 Å². The smallest absolute Gasteiger partial charge is 0.408 e. The number of rotatable bonds is 7. The van der Waals surface area contributed by atoms with Crippen molar-refractivity contribution in [2.45, 2.75) is 57.6 Å². The summed E-state index contributed by atoms with van der Waals surface area (Å²) in [4.78, 5) is 34.7. The number of amides is 2. The van der Waals surface area contributed by atoms with Crippen LogP contribution in [0, 0.1) is 16.0 Å². The Morgan fingerprint density at radius 3 is 2.37 bits per heavy atom. The third kappa shape index (κ3) is 7.73. The zero-order valence-corrected chi connectivity index (χ0v) is 16.8. The first-order valence-corrected chi connectivity index (χ1v) is 9.51. The fourth-order valence-electron chi connectivity index (χ4n) is 2.13. The van der Waals surface area contributed by atoms with Gasteiger partial charge < -0.3 is 10.1 Å². The number of benzene rings is 1. The highest BCUT2D eigenvalue weighted by molar-refractivity contribution is 7.83. The first-order valence-electron chi connectivity index (χ1n) is 8.36. The molecule has 2 atom stereocenters. The van der Waals surface area contributed by atoms with E-state index in [1.807, 2.05) is 13.8 Å². The van der Waals surface area contributed by atoms with Gasteiger partial charge in [-0.25, -0.2) is 9.00 Å². The zero-order chi connectivity index (χ0) is 20.8. The minimum absolute atomic E-state index is 0.0511. The van der Waals surface area contributed by atoms with Crippen LogP contribution >= 0.6 is 0 Å². The SMILES string of the molecule is CC(C)CC(NC(=O)OC(C)(C)C)C(=O)NS(=O)c1ccccc1[N+](=O)[O-]. The molecular formula is C17H25N3O6S. The molecule has 2 N–H and O–H groups in total. The van der Waals surface area contributed by atoms with Crippen molar-refractivity contribution < 1.29 is 23.5 Å². The topological polar surface area (TPSA) is 128 Å². The van der Waals surface area contributed by atoms with Gasteiger partial charge in [0.2, 0.25) is 0 Å². The van der Waals surface area contributed by atoms with Crippen LogP contribution in [0.5, 0.6) is 0 Å². The molecule has 27 heavy (non-hydrogen) atoms. The Morgan fingerprint density at radius 2 is 1.85 bits per heavy atom. The van der Waals surface area contributed by atoms with Gasteiger partial charge in [-0.05, 0) is 39.2 Å². The molecule has 1 aromatic rings. The first kappa shape index (κ1) is 22.6. The van der Waals surface area contributed by atoms with Crippen LogP contribution in [0.25, 0.3) is 0 Å². The van der Waals surface area contributed by atoms with E-state index in [0.29, 0.717) is 0 Å². The molecule has 0 bridgehead atoms. The molecule has 10 heteroatoms. The molecule has 0 radical (unpaired) electrons. The number of nitro groups is 1. The number of alkyl carbamates (subject to hydrolysis) is 1. The summed E-state index contributed by atoms with van der Waals surface area (Å²) in [5.41, 5.74) is -1.10. The number of nitro benzene ring substituents is 1. The fourth-order valence-corrected chi connectivity index (χ4v) is 3.10. The first-order chi connectivity index (χ1) is 12.4. The van der Waals surface area contributed by atoms with E-state index >= 15 is 0 Å². The highest BCUT2D eigenvalue weighted by Crippen LogP contribution is 2.20. The Balaban J connectivity index is 2.92. The number of hydrogen-bond acceptors (Lipinski definition) is 6. The summed E-state index contributed by atoms with van der Waals surface area (Å²) in [5.74, 6) is -0.666. The minimum atomic E-state index is -2.15. The van der Waals surface area contributed by atoms with Crippen molar-refractivity contribution >= 4 is 28.7 Å². The molecule has 0 aliphatic heterocycles. The molecule has 2 unspecified atom stereocenters. The highest BCUT2D eigenvalue weighted by Gasteiger charge is 2.28.